The number of nitrogen functional groups attached to an aromatic ring is 1. The van der Waals surface area contributed by atoms with Crippen LogP contribution < -0.4 is 16.2 Å². The maximum Gasteiger partial charge on any atom is 0.161 e. The van der Waals surface area contributed by atoms with Gasteiger partial charge in [-0.15, -0.1) is 0 Å². The summed E-state index contributed by atoms with van der Waals surface area (Å²) in [6.45, 7) is 3.06. The van der Waals surface area contributed by atoms with Gasteiger partial charge in [-0.2, -0.15) is 0 Å². The summed E-state index contributed by atoms with van der Waals surface area (Å²) in [5, 5.41) is 0. The van der Waals surface area contributed by atoms with Gasteiger partial charge in [-0.1, -0.05) is 0 Å². The lowest BCUT2D eigenvalue weighted by molar-refractivity contribution is 0.744. The molecule has 0 spiro atoms. The highest BCUT2D eigenvalue weighted by Crippen LogP contribution is 2.30. The Hall–Kier alpha value is -2.14. The molecule has 0 saturated heterocycles. The topological polar surface area (TPSA) is 67.1 Å². The molecule has 2 heterocycles. The van der Waals surface area contributed by atoms with Gasteiger partial charge in [0.25, 0.3) is 0 Å². The van der Waals surface area contributed by atoms with Crippen LogP contribution in [0.5, 0.6) is 0 Å². The minimum absolute atomic E-state index is 0.641. The average Bonchev–Trinajstić information content (AvgIpc) is 2.46. The molecule has 3 rings (SSSR count). The first kappa shape index (κ1) is 12.9. The fraction of sp³-hybridized carbons (Fsp3) is 0.333. The molecule has 1 aromatic carbocycles. The highest BCUT2D eigenvalue weighted by atomic mass is 15.3. The van der Waals surface area contributed by atoms with Gasteiger partial charge in [-0.3, -0.25) is 0 Å². The van der Waals surface area contributed by atoms with E-state index < -0.39 is 0 Å². The normalized spacial score (nSPS) is 14.1. The molecule has 0 unspecified atom stereocenters. The van der Waals surface area contributed by atoms with Crippen molar-refractivity contribution in [3.05, 3.63) is 35.5 Å². The molecule has 0 aliphatic carbocycles. The predicted molar refractivity (Wildman–Crippen MR) is 81.6 cm³/mol. The lowest BCUT2D eigenvalue weighted by Crippen LogP contribution is -2.24. The van der Waals surface area contributed by atoms with Crippen LogP contribution in [0, 0.1) is 6.92 Å². The number of benzene rings is 1. The van der Waals surface area contributed by atoms with Crippen molar-refractivity contribution in [3.8, 4) is 11.4 Å². The van der Waals surface area contributed by atoms with E-state index in [2.05, 4.69) is 45.5 Å². The molecule has 0 radical (unpaired) electrons. The first-order valence-electron chi connectivity index (χ1n) is 6.84. The quantitative estimate of drug-likeness (QED) is 0.645. The second-order valence-corrected chi connectivity index (χ2v) is 5.23. The van der Waals surface area contributed by atoms with Gasteiger partial charge in [0.05, 0.1) is 0 Å². The standard InChI is InChI=1S/C15H19N5/c1-10-8-14(19-16)18-15(17-10)12-5-6-13-11(9-12)4-3-7-20(13)2/h5-6,8-9H,3-4,7,16H2,1-2H3,(H,17,18,19). The Morgan fingerprint density at radius 3 is 2.90 bits per heavy atom. The van der Waals surface area contributed by atoms with E-state index in [9.17, 15) is 0 Å². The van der Waals surface area contributed by atoms with Gasteiger partial charge in [0.15, 0.2) is 5.82 Å². The Balaban J connectivity index is 2.05. The summed E-state index contributed by atoms with van der Waals surface area (Å²) in [5.74, 6) is 6.81. The molecule has 2 aromatic rings. The van der Waals surface area contributed by atoms with E-state index in [0.717, 1.165) is 24.2 Å². The molecular formula is C15H19N5. The zero-order valence-electron chi connectivity index (χ0n) is 11.8. The third kappa shape index (κ3) is 2.32. The molecule has 0 atom stereocenters. The van der Waals surface area contributed by atoms with Crippen molar-refractivity contribution < 1.29 is 0 Å². The van der Waals surface area contributed by atoms with Gasteiger partial charge < -0.3 is 10.3 Å². The fourth-order valence-corrected chi connectivity index (χ4v) is 2.70. The minimum atomic E-state index is 0.641. The lowest BCUT2D eigenvalue weighted by atomic mass is 9.99. The number of rotatable bonds is 2. The van der Waals surface area contributed by atoms with Gasteiger partial charge in [-0.25, -0.2) is 15.8 Å². The summed E-state index contributed by atoms with van der Waals surface area (Å²) in [6, 6.07) is 8.26. The molecule has 1 aromatic heterocycles. The molecule has 0 amide bonds. The number of hydrogen-bond acceptors (Lipinski definition) is 5. The van der Waals surface area contributed by atoms with E-state index in [1.54, 1.807) is 0 Å². The van der Waals surface area contributed by atoms with Crippen LogP contribution in [0.4, 0.5) is 11.5 Å². The number of nitrogens with one attached hydrogen (secondary N) is 1. The summed E-state index contributed by atoms with van der Waals surface area (Å²) in [7, 11) is 2.14. The molecule has 20 heavy (non-hydrogen) atoms. The number of hydrogen-bond donors (Lipinski definition) is 2. The monoisotopic (exact) mass is 269 g/mol. The molecule has 5 heteroatoms. The molecule has 1 aliphatic heterocycles. The third-order valence-electron chi connectivity index (χ3n) is 3.69. The molecule has 5 nitrogen and oxygen atoms in total. The van der Waals surface area contributed by atoms with Crippen molar-refractivity contribution in [1.82, 2.24) is 9.97 Å². The zero-order chi connectivity index (χ0) is 14.1. The largest absolute Gasteiger partial charge is 0.374 e. The van der Waals surface area contributed by atoms with Gasteiger partial charge in [-0.05, 0) is 43.5 Å². The van der Waals surface area contributed by atoms with Crippen LogP contribution in [0.2, 0.25) is 0 Å². The Kier molecular flexibility index (Phi) is 3.28. The zero-order valence-corrected chi connectivity index (χ0v) is 11.8. The second-order valence-electron chi connectivity index (χ2n) is 5.23. The van der Waals surface area contributed by atoms with E-state index in [1.807, 2.05) is 13.0 Å². The highest BCUT2D eigenvalue weighted by molar-refractivity contribution is 5.66. The Morgan fingerprint density at radius 1 is 1.25 bits per heavy atom. The smallest absolute Gasteiger partial charge is 0.161 e. The maximum atomic E-state index is 5.45. The third-order valence-corrected chi connectivity index (χ3v) is 3.69. The minimum Gasteiger partial charge on any atom is -0.374 e. The van der Waals surface area contributed by atoms with Crippen molar-refractivity contribution in [1.29, 1.82) is 0 Å². The molecule has 0 fully saturated rings. The Labute approximate surface area is 118 Å². The summed E-state index contributed by atoms with van der Waals surface area (Å²) < 4.78 is 0. The van der Waals surface area contributed by atoms with Crippen molar-refractivity contribution in [2.45, 2.75) is 19.8 Å². The molecule has 0 bridgehead atoms. The van der Waals surface area contributed by atoms with Gasteiger partial charge in [0, 0.05) is 36.6 Å². The number of nitrogens with zero attached hydrogens (tertiary/aromatic N) is 3. The molecule has 3 N–H and O–H groups in total. The van der Waals surface area contributed by atoms with Gasteiger partial charge in [0.1, 0.15) is 5.82 Å². The van der Waals surface area contributed by atoms with Crippen molar-refractivity contribution in [3.63, 3.8) is 0 Å². The number of aryl methyl sites for hydroxylation is 2. The van der Waals surface area contributed by atoms with E-state index in [0.29, 0.717) is 11.6 Å². The summed E-state index contributed by atoms with van der Waals surface area (Å²) in [4.78, 5) is 11.2. The lowest BCUT2D eigenvalue weighted by Gasteiger charge is -2.27. The molecular weight excluding hydrogens is 250 g/mol. The van der Waals surface area contributed by atoms with Crippen LogP contribution >= 0.6 is 0 Å². The van der Waals surface area contributed by atoms with Crippen molar-refractivity contribution in [2.24, 2.45) is 5.84 Å². The highest BCUT2D eigenvalue weighted by Gasteiger charge is 2.15. The van der Waals surface area contributed by atoms with Crippen molar-refractivity contribution in [2.75, 3.05) is 23.9 Å². The average molecular weight is 269 g/mol. The number of aromatic nitrogens is 2. The van der Waals surface area contributed by atoms with E-state index in [4.69, 9.17) is 5.84 Å². The summed E-state index contributed by atoms with van der Waals surface area (Å²) >= 11 is 0. The molecule has 104 valence electrons. The first-order valence-corrected chi connectivity index (χ1v) is 6.84. The van der Waals surface area contributed by atoms with Crippen LogP contribution in [0.1, 0.15) is 17.7 Å². The number of fused-ring (bicyclic) bond motifs is 1. The van der Waals surface area contributed by atoms with Crippen molar-refractivity contribution >= 4 is 11.5 Å². The van der Waals surface area contributed by atoms with Gasteiger partial charge >= 0.3 is 0 Å². The number of nitrogens with two attached hydrogens (primary N) is 1. The SMILES string of the molecule is Cc1cc(NN)nc(-c2ccc3c(c2)CCCN3C)n1. The molecule has 0 saturated carbocycles. The maximum absolute atomic E-state index is 5.45. The Bertz CT molecular complexity index is 638. The first-order chi connectivity index (χ1) is 9.67. The van der Waals surface area contributed by atoms with Crippen LogP contribution in [0.25, 0.3) is 11.4 Å². The van der Waals surface area contributed by atoms with Gasteiger partial charge in [0.2, 0.25) is 0 Å². The number of hydrazine groups is 1. The second kappa shape index (κ2) is 5.09. The summed E-state index contributed by atoms with van der Waals surface area (Å²) in [6.07, 6.45) is 2.30. The van der Waals surface area contributed by atoms with E-state index in [-0.39, 0.29) is 0 Å². The molecule has 1 aliphatic rings. The van der Waals surface area contributed by atoms with Crippen LogP contribution in [0.3, 0.4) is 0 Å². The van der Waals surface area contributed by atoms with Crippen LogP contribution in [-0.4, -0.2) is 23.6 Å². The summed E-state index contributed by atoms with van der Waals surface area (Å²) in [5.41, 5.74) is 7.20. The number of anilines is 2. The van der Waals surface area contributed by atoms with Crippen LogP contribution in [0.15, 0.2) is 24.3 Å². The van der Waals surface area contributed by atoms with E-state index in [1.165, 1.54) is 17.7 Å². The Morgan fingerprint density at radius 2 is 2.10 bits per heavy atom. The fourth-order valence-electron chi connectivity index (χ4n) is 2.70. The predicted octanol–water partition coefficient (Wildman–Crippen LogP) is 2.12. The van der Waals surface area contributed by atoms with Crippen LogP contribution in [-0.2, 0) is 6.42 Å². The van der Waals surface area contributed by atoms with E-state index >= 15 is 0 Å².